The molecule has 0 fully saturated rings. The number of anilines is 1. The van der Waals surface area contributed by atoms with Gasteiger partial charge in [0.15, 0.2) is 5.82 Å². The molecule has 1 unspecified atom stereocenters. The van der Waals surface area contributed by atoms with Crippen LogP contribution < -0.4 is 10.6 Å². The van der Waals surface area contributed by atoms with Crippen molar-refractivity contribution < 1.29 is 31.5 Å². The second kappa shape index (κ2) is 10.6. The number of amides is 2. The van der Waals surface area contributed by atoms with Crippen LogP contribution in [0.4, 0.5) is 27.6 Å². The van der Waals surface area contributed by atoms with E-state index in [0.29, 0.717) is 29.1 Å². The zero-order chi connectivity index (χ0) is 30.5. The molecule has 0 bridgehead atoms. The van der Waals surface area contributed by atoms with Gasteiger partial charge in [0, 0.05) is 57.0 Å². The first kappa shape index (κ1) is 28.0. The maximum atomic E-state index is 14.2. The van der Waals surface area contributed by atoms with Gasteiger partial charge >= 0.3 is 6.18 Å². The van der Waals surface area contributed by atoms with E-state index in [4.69, 9.17) is 11.6 Å². The van der Waals surface area contributed by atoms with E-state index in [1.54, 1.807) is 12.3 Å². The second-order valence-corrected chi connectivity index (χ2v) is 9.89. The average molecular weight is 611 g/mol. The van der Waals surface area contributed by atoms with Crippen molar-refractivity contribution in [1.29, 1.82) is 0 Å². The van der Waals surface area contributed by atoms with Crippen molar-refractivity contribution in [2.24, 2.45) is 0 Å². The molecule has 1 aliphatic heterocycles. The Hall–Kier alpha value is -5.17. The predicted molar refractivity (Wildman–Crippen MR) is 145 cm³/mol. The molecule has 2 N–H and O–H groups in total. The SMILES string of the molecule is O=C(Nc1cc(-c2cnn(-c3ccncn3)c2)cc2c1C(c1cc(F)ccc1Cl)NC2=O)c1cc(F)cc(C(F)(F)F)c1. The Labute approximate surface area is 244 Å². The van der Waals surface area contributed by atoms with E-state index >= 15 is 0 Å². The zero-order valence-corrected chi connectivity index (χ0v) is 22.2. The third kappa shape index (κ3) is 5.42. The fraction of sp³-hybridized carbons (Fsp3) is 0.0690. The summed E-state index contributed by atoms with van der Waals surface area (Å²) < 4.78 is 69.8. The number of hydrogen-bond acceptors (Lipinski definition) is 5. The number of rotatable bonds is 5. The van der Waals surface area contributed by atoms with Gasteiger partial charge in [0.2, 0.25) is 0 Å². The van der Waals surface area contributed by atoms with Crippen molar-refractivity contribution in [3.05, 3.63) is 124 Å². The molecule has 2 aromatic heterocycles. The molecular weight excluding hydrogens is 595 g/mol. The number of benzene rings is 3. The summed E-state index contributed by atoms with van der Waals surface area (Å²) in [5.74, 6) is -3.12. The Morgan fingerprint density at radius 1 is 1.00 bits per heavy atom. The van der Waals surface area contributed by atoms with Crippen molar-refractivity contribution >= 4 is 29.1 Å². The van der Waals surface area contributed by atoms with Crippen LogP contribution in [0.2, 0.25) is 5.02 Å². The Morgan fingerprint density at radius 3 is 2.56 bits per heavy atom. The topological polar surface area (TPSA) is 102 Å². The van der Waals surface area contributed by atoms with E-state index in [1.165, 1.54) is 41.6 Å². The van der Waals surface area contributed by atoms with Crippen LogP contribution in [-0.2, 0) is 6.18 Å². The lowest BCUT2D eigenvalue weighted by Gasteiger charge is -2.19. The number of alkyl halides is 3. The molecule has 3 aromatic carbocycles. The van der Waals surface area contributed by atoms with Gasteiger partial charge in [-0.3, -0.25) is 9.59 Å². The third-order valence-corrected chi connectivity index (χ3v) is 7.05. The second-order valence-electron chi connectivity index (χ2n) is 9.48. The highest BCUT2D eigenvalue weighted by atomic mass is 35.5. The number of carbonyl (C=O) groups excluding carboxylic acids is 2. The molecule has 0 aliphatic carbocycles. The normalized spacial score (nSPS) is 14.4. The maximum absolute atomic E-state index is 14.2. The molecule has 0 saturated heterocycles. The summed E-state index contributed by atoms with van der Waals surface area (Å²) in [4.78, 5) is 34.4. The van der Waals surface area contributed by atoms with E-state index in [2.05, 4.69) is 25.7 Å². The molecule has 1 atom stereocenters. The maximum Gasteiger partial charge on any atom is 0.416 e. The lowest BCUT2D eigenvalue weighted by atomic mass is 9.93. The molecule has 2 amide bonds. The summed E-state index contributed by atoms with van der Waals surface area (Å²) in [5, 5.41) is 9.62. The monoisotopic (exact) mass is 610 g/mol. The van der Waals surface area contributed by atoms with Crippen molar-refractivity contribution in [2.45, 2.75) is 12.2 Å². The summed E-state index contributed by atoms with van der Waals surface area (Å²) in [7, 11) is 0. The van der Waals surface area contributed by atoms with Gasteiger partial charge in [0.05, 0.1) is 17.8 Å². The number of nitrogens with zero attached hydrogens (tertiary/aromatic N) is 4. The van der Waals surface area contributed by atoms with Gasteiger partial charge < -0.3 is 10.6 Å². The highest BCUT2D eigenvalue weighted by Gasteiger charge is 2.36. The minimum Gasteiger partial charge on any atom is -0.341 e. The number of carbonyl (C=O) groups is 2. The van der Waals surface area contributed by atoms with Gasteiger partial charge in [0.1, 0.15) is 18.0 Å². The molecule has 0 radical (unpaired) electrons. The molecule has 1 aliphatic rings. The average Bonchev–Trinajstić information content (AvgIpc) is 3.59. The number of aromatic nitrogens is 4. The van der Waals surface area contributed by atoms with E-state index in [-0.39, 0.29) is 33.5 Å². The number of nitrogens with one attached hydrogen (secondary N) is 2. The molecule has 43 heavy (non-hydrogen) atoms. The molecule has 5 aromatic rings. The van der Waals surface area contributed by atoms with E-state index < -0.39 is 46.8 Å². The lowest BCUT2D eigenvalue weighted by Crippen LogP contribution is -2.21. The van der Waals surface area contributed by atoms with E-state index in [1.807, 2.05) is 0 Å². The summed E-state index contributed by atoms with van der Waals surface area (Å²) >= 11 is 6.34. The van der Waals surface area contributed by atoms with Gasteiger partial charge in [-0.1, -0.05) is 11.6 Å². The molecular formula is C29H16ClF5N6O2. The van der Waals surface area contributed by atoms with Crippen LogP contribution in [0.1, 0.15) is 43.4 Å². The van der Waals surface area contributed by atoms with Crippen molar-refractivity contribution in [3.63, 3.8) is 0 Å². The van der Waals surface area contributed by atoms with E-state index in [0.717, 1.165) is 12.1 Å². The van der Waals surface area contributed by atoms with Gasteiger partial charge in [-0.05, 0) is 54.1 Å². The molecule has 0 spiro atoms. The van der Waals surface area contributed by atoms with Crippen LogP contribution in [0.5, 0.6) is 0 Å². The Kier molecular flexibility index (Phi) is 6.89. The van der Waals surface area contributed by atoms with Crippen LogP contribution in [0, 0.1) is 11.6 Å². The lowest BCUT2D eigenvalue weighted by molar-refractivity contribution is -0.137. The van der Waals surface area contributed by atoms with Crippen LogP contribution in [-0.4, -0.2) is 31.6 Å². The molecule has 6 rings (SSSR count). The number of hydrogen-bond donors (Lipinski definition) is 2. The fourth-order valence-corrected chi connectivity index (χ4v) is 4.99. The molecule has 8 nitrogen and oxygen atoms in total. The third-order valence-electron chi connectivity index (χ3n) is 6.71. The van der Waals surface area contributed by atoms with E-state index in [9.17, 15) is 31.5 Å². The van der Waals surface area contributed by atoms with Gasteiger partial charge in [-0.15, -0.1) is 0 Å². The highest BCUT2D eigenvalue weighted by Crippen LogP contribution is 2.42. The largest absolute Gasteiger partial charge is 0.416 e. The summed E-state index contributed by atoms with van der Waals surface area (Å²) in [6, 6.07) is 8.58. The predicted octanol–water partition coefficient (Wildman–Crippen LogP) is 6.36. The molecule has 14 heteroatoms. The van der Waals surface area contributed by atoms with Crippen molar-refractivity contribution in [1.82, 2.24) is 25.1 Å². The minimum absolute atomic E-state index is 0.00576. The highest BCUT2D eigenvalue weighted by molar-refractivity contribution is 6.31. The summed E-state index contributed by atoms with van der Waals surface area (Å²) in [5.41, 5.74) is -0.635. The van der Waals surface area contributed by atoms with Gasteiger partial charge in [0.25, 0.3) is 11.8 Å². The zero-order valence-electron chi connectivity index (χ0n) is 21.5. The summed E-state index contributed by atoms with van der Waals surface area (Å²) in [6.07, 6.45) is 1.03. The minimum atomic E-state index is -4.91. The van der Waals surface area contributed by atoms with Crippen LogP contribution >= 0.6 is 11.6 Å². The first-order valence-corrected chi connectivity index (χ1v) is 12.8. The standard InChI is InChI=1S/C29H16ClF5N6O2/c30-22-2-1-18(31)10-20(22)26-25-21(28(43)40-26)7-14(16-11-38-41(12-16)24-3-4-36-13-37-24)8-23(25)39-27(42)15-5-17(29(33,34)35)9-19(32)6-15/h1-13,26H,(H,39,42)(H,40,43). The Bertz CT molecular complexity index is 1910. The Morgan fingerprint density at radius 2 is 1.81 bits per heavy atom. The van der Waals surface area contributed by atoms with Gasteiger partial charge in [-0.2, -0.15) is 18.3 Å². The van der Waals surface area contributed by atoms with Crippen LogP contribution in [0.25, 0.3) is 16.9 Å². The van der Waals surface area contributed by atoms with Crippen LogP contribution in [0.3, 0.4) is 0 Å². The van der Waals surface area contributed by atoms with Crippen LogP contribution in [0.15, 0.2) is 79.5 Å². The molecule has 0 saturated carbocycles. The van der Waals surface area contributed by atoms with Gasteiger partial charge in [-0.25, -0.2) is 23.4 Å². The first-order chi connectivity index (χ1) is 20.5. The van der Waals surface area contributed by atoms with Crippen molar-refractivity contribution in [3.8, 4) is 16.9 Å². The van der Waals surface area contributed by atoms with Crippen molar-refractivity contribution in [2.75, 3.05) is 5.32 Å². The Balaban J connectivity index is 1.48. The molecule has 216 valence electrons. The smallest absolute Gasteiger partial charge is 0.341 e. The molecule has 3 heterocycles. The first-order valence-electron chi connectivity index (χ1n) is 12.4. The summed E-state index contributed by atoms with van der Waals surface area (Å²) in [6.45, 7) is 0. The number of halogens is 6. The fourth-order valence-electron chi connectivity index (χ4n) is 4.77. The quantitative estimate of drug-likeness (QED) is 0.225. The number of fused-ring (bicyclic) bond motifs is 1.